The molecule has 7 nitrogen and oxygen atoms in total. The Morgan fingerprint density at radius 2 is 1.64 bits per heavy atom. The van der Waals surface area contributed by atoms with E-state index in [0.29, 0.717) is 23.6 Å². The maximum Gasteiger partial charge on any atom is 0.328 e. The number of carbonyl (C=O) groups is 2. The van der Waals surface area contributed by atoms with Crippen LogP contribution in [0.1, 0.15) is 30.1 Å². The molecule has 2 aromatic carbocycles. The lowest BCUT2D eigenvalue weighted by molar-refractivity contribution is -0.116. The number of aromatic nitrogens is 2. The largest absolute Gasteiger partial charge is 0.494 e. The summed E-state index contributed by atoms with van der Waals surface area (Å²) >= 11 is 0. The van der Waals surface area contributed by atoms with Gasteiger partial charge in [0.2, 0.25) is 5.91 Å². The lowest BCUT2D eigenvalue weighted by atomic mass is 10.1. The first-order valence-electron chi connectivity index (χ1n) is 9.12. The molecule has 0 aliphatic heterocycles. The highest BCUT2D eigenvalue weighted by Gasteiger charge is 2.12. The van der Waals surface area contributed by atoms with Gasteiger partial charge in [-0.15, -0.1) is 0 Å². The molecule has 3 aromatic rings. The van der Waals surface area contributed by atoms with E-state index in [4.69, 9.17) is 4.74 Å². The lowest BCUT2D eigenvalue weighted by Crippen LogP contribution is -2.19. The summed E-state index contributed by atoms with van der Waals surface area (Å²) in [6.07, 6.45) is 0.198. The summed E-state index contributed by atoms with van der Waals surface area (Å²) in [6.45, 7) is 2.46. The Labute approximate surface area is 162 Å². The molecule has 3 rings (SSSR count). The molecule has 146 valence electrons. The van der Waals surface area contributed by atoms with Crippen LogP contribution >= 0.6 is 0 Å². The number of ether oxygens (including phenoxy) is 1. The number of anilines is 1. The molecular formula is C21H23N3O4. The molecule has 0 aliphatic rings. The smallest absolute Gasteiger partial charge is 0.328 e. The predicted octanol–water partition coefficient (Wildman–Crippen LogP) is 2.88. The molecule has 7 heteroatoms. The van der Waals surface area contributed by atoms with Crippen molar-refractivity contribution in [3.05, 3.63) is 58.5 Å². The van der Waals surface area contributed by atoms with Crippen LogP contribution in [-0.4, -0.2) is 27.4 Å². The quantitative estimate of drug-likeness (QED) is 0.638. The Bertz CT molecular complexity index is 1080. The molecule has 1 heterocycles. The number of Topliss-reactive ketones (excluding diaryl/α,β-unsaturated/α-hetero) is 1. The summed E-state index contributed by atoms with van der Waals surface area (Å²) in [7, 11) is 3.39. The lowest BCUT2D eigenvalue weighted by Gasteiger charge is -2.07. The van der Waals surface area contributed by atoms with Gasteiger partial charge < -0.3 is 10.1 Å². The number of rotatable bonds is 7. The van der Waals surface area contributed by atoms with Gasteiger partial charge in [-0.05, 0) is 49.4 Å². The molecule has 1 N–H and O–H groups in total. The highest BCUT2D eigenvalue weighted by Crippen LogP contribution is 2.18. The summed E-state index contributed by atoms with van der Waals surface area (Å²) < 4.78 is 8.43. The minimum atomic E-state index is -0.250. The van der Waals surface area contributed by atoms with Crippen molar-refractivity contribution < 1.29 is 14.3 Å². The highest BCUT2D eigenvalue weighted by atomic mass is 16.5. The van der Waals surface area contributed by atoms with Crippen molar-refractivity contribution in [2.75, 3.05) is 11.9 Å². The van der Waals surface area contributed by atoms with Crippen molar-refractivity contribution in [2.45, 2.75) is 19.8 Å². The third-order valence-electron chi connectivity index (χ3n) is 4.62. The highest BCUT2D eigenvalue weighted by molar-refractivity contribution is 6.00. The van der Waals surface area contributed by atoms with Gasteiger partial charge in [-0.1, -0.05) is 0 Å². The topological polar surface area (TPSA) is 82.3 Å². The molecule has 0 fully saturated rings. The first-order valence-corrected chi connectivity index (χ1v) is 9.12. The van der Waals surface area contributed by atoms with E-state index in [1.165, 1.54) is 4.57 Å². The fourth-order valence-corrected chi connectivity index (χ4v) is 3.08. The van der Waals surface area contributed by atoms with E-state index >= 15 is 0 Å². The van der Waals surface area contributed by atoms with Crippen molar-refractivity contribution in [1.29, 1.82) is 0 Å². The number of hydrogen-bond donors (Lipinski definition) is 1. The second-order valence-corrected chi connectivity index (χ2v) is 6.53. The summed E-state index contributed by atoms with van der Waals surface area (Å²) in [5.41, 5.74) is 2.54. The first-order chi connectivity index (χ1) is 13.4. The number of hydrogen-bond acceptors (Lipinski definition) is 4. The molecule has 0 atom stereocenters. The number of nitrogens with zero attached hydrogens (tertiary/aromatic N) is 2. The molecule has 0 aliphatic carbocycles. The SMILES string of the molecule is CCOc1ccc(C(=O)CCC(=O)Nc2ccc3c(c2)n(C)c(=O)n3C)cc1. The molecule has 0 radical (unpaired) electrons. The maximum absolute atomic E-state index is 12.3. The second kappa shape index (κ2) is 8.12. The third-order valence-corrected chi connectivity index (χ3v) is 4.62. The number of carbonyl (C=O) groups excluding carboxylic acids is 2. The number of benzene rings is 2. The second-order valence-electron chi connectivity index (χ2n) is 6.53. The van der Waals surface area contributed by atoms with E-state index in [2.05, 4.69) is 5.32 Å². The zero-order valence-electron chi connectivity index (χ0n) is 16.2. The Kier molecular flexibility index (Phi) is 5.63. The van der Waals surface area contributed by atoms with Crippen molar-refractivity contribution in [1.82, 2.24) is 9.13 Å². The Hall–Kier alpha value is -3.35. The van der Waals surface area contributed by atoms with E-state index in [0.717, 1.165) is 11.0 Å². The zero-order valence-corrected chi connectivity index (χ0v) is 16.2. The maximum atomic E-state index is 12.3. The summed E-state index contributed by atoms with van der Waals surface area (Å²) in [4.78, 5) is 36.5. The van der Waals surface area contributed by atoms with Crippen LogP contribution in [0.25, 0.3) is 11.0 Å². The van der Waals surface area contributed by atoms with Crippen molar-refractivity contribution in [2.24, 2.45) is 14.1 Å². The number of nitrogens with one attached hydrogen (secondary N) is 1. The zero-order chi connectivity index (χ0) is 20.3. The average molecular weight is 381 g/mol. The molecule has 28 heavy (non-hydrogen) atoms. The molecule has 0 unspecified atom stereocenters. The van der Waals surface area contributed by atoms with Crippen LogP contribution in [0.4, 0.5) is 5.69 Å². The van der Waals surface area contributed by atoms with Crippen LogP contribution in [0.5, 0.6) is 5.75 Å². The van der Waals surface area contributed by atoms with Crippen molar-refractivity contribution >= 4 is 28.4 Å². The van der Waals surface area contributed by atoms with Crippen molar-refractivity contribution in [3.63, 3.8) is 0 Å². The van der Waals surface area contributed by atoms with Crippen LogP contribution in [-0.2, 0) is 18.9 Å². The summed E-state index contributed by atoms with van der Waals surface area (Å²) in [5, 5.41) is 2.79. The van der Waals surface area contributed by atoms with Crippen LogP contribution in [0.3, 0.4) is 0 Å². The molecule has 1 amide bonds. The van der Waals surface area contributed by atoms with E-state index in [9.17, 15) is 14.4 Å². The number of amides is 1. The summed E-state index contributed by atoms with van der Waals surface area (Å²) in [6, 6.07) is 12.2. The normalized spacial score (nSPS) is 10.8. The Morgan fingerprint density at radius 1 is 0.964 bits per heavy atom. The molecule has 0 bridgehead atoms. The Balaban J connectivity index is 1.61. The summed E-state index contributed by atoms with van der Waals surface area (Å²) in [5.74, 6) is 0.362. The standard InChI is InChI=1S/C21H23N3O4/c1-4-28-16-8-5-14(6-9-16)19(25)11-12-20(26)22-15-7-10-17-18(13-15)24(3)21(27)23(17)2/h5-10,13H,4,11-12H2,1-3H3,(H,22,26). The van der Waals surface area contributed by atoms with E-state index in [1.807, 2.05) is 6.92 Å². The van der Waals surface area contributed by atoms with Gasteiger partial charge in [-0.25, -0.2) is 4.79 Å². The van der Waals surface area contributed by atoms with Crippen LogP contribution < -0.4 is 15.7 Å². The van der Waals surface area contributed by atoms with E-state index < -0.39 is 0 Å². The monoisotopic (exact) mass is 381 g/mol. The van der Waals surface area contributed by atoms with Gasteiger partial charge in [-0.2, -0.15) is 0 Å². The number of ketones is 1. The van der Waals surface area contributed by atoms with Gasteiger partial charge in [0.25, 0.3) is 0 Å². The molecule has 0 spiro atoms. The predicted molar refractivity (Wildman–Crippen MR) is 108 cm³/mol. The molecular weight excluding hydrogens is 358 g/mol. The van der Waals surface area contributed by atoms with E-state index in [-0.39, 0.29) is 30.2 Å². The Morgan fingerprint density at radius 3 is 2.32 bits per heavy atom. The van der Waals surface area contributed by atoms with Gasteiger partial charge in [0.1, 0.15) is 5.75 Å². The molecule has 1 aromatic heterocycles. The number of aryl methyl sites for hydroxylation is 2. The average Bonchev–Trinajstić information content (AvgIpc) is 2.91. The van der Waals surface area contributed by atoms with Crippen LogP contribution in [0, 0.1) is 0 Å². The van der Waals surface area contributed by atoms with E-state index in [1.54, 1.807) is 61.1 Å². The van der Waals surface area contributed by atoms with Gasteiger partial charge in [0.15, 0.2) is 5.78 Å². The number of fused-ring (bicyclic) bond motifs is 1. The fraction of sp³-hybridized carbons (Fsp3) is 0.286. The van der Waals surface area contributed by atoms with Gasteiger partial charge in [0, 0.05) is 38.2 Å². The minimum Gasteiger partial charge on any atom is -0.494 e. The number of imidazole rings is 1. The molecule has 0 saturated carbocycles. The van der Waals surface area contributed by atoms with Gasteiger partial charge in [-0.3, -0.25) is 18.7 Å². The third kappa shape index (κ3) is 3.98. The fourth-order valence-electron chi connectivity index (χ4n) is 3.08. The molecule has 0 saturated heterocycles. The van der Waals surface area contributed by atoms with Crippen molar-refractivity contribution in [3.8, 4) is 5.75 Å². The van der Waals surface area contributed by atoms with Crippen LogP contribution in [0.15, 0.2) is 47.3 Å². The first kappa shape index (κ1) is 19.4. The van der Waals surface area contributed by atoms with Crippen LogP contribution in [0.2, 0.25) is 0 Å². The van der Waals surface area contributed by atoms with Gasteiger partial charge in [0.05, 0.1) is 17.6 Å². The minimum absolute atomic E-state index is 0.0812. The van der Waals surface area contributed by atoms with Gasteiger partial charge >= 0.3 is 5.69 Å².